The molecule has 0 saturated carbocycles. The Labute approximate surface area is 127 Å². The van der Waals surface area contributed by atoms with Gasteiger partial charge in [-0.3, -0.25) is 4.79 Å². The lowest BCUT2D eigenvalue weighted by atomic mass is 9.80. The third-order valence-corrected chi connectivity index (χ3v) is 3.73. The number of hydrogen-bond acceptors (Lipinski definition) is 3. The average Bonchev–Trinajstić information content (AvgIpc) is 2.46. The zero-order valence-electron chi connectivity index (χ0n) is 13.6. The largest absolute Gasteiger partial charge is 0.392 e. The molecule has 1 aromatic carbocycles. The van der Waals surface area contributed by atoms with E-state index < -0.39 is 17.6 Å². The molecule has 0 radical (unpaired) electrons. The summed E-state index contributed by atoms with van der Waals surface area (Å²) in [5.74, 6) is -0.0445. The van der Waals surface area contributed by atoms with Crippen molar-refractivity contribution in [3.63, 3.8) is 0 Å². The van der Waals surface area contributed by atoms with Crippen LogP contribution in [0.3, 0.4) is 0 Å². The molecular weight excluding hydrogens is 266 g/mol. The van der Waals surface area contributed by atoms with E-state index in [1.807, 2.05) is 58.0 Å². The lowest BCUT2D eigenvalue weighted by Crippen LogP contribution is -2.44. The maximum absolute atomic E-state index is 12.3. The summed E-state index contributed by atoms with van der Waals surface area (Å²) in [5.41, 5.74) is 0.429. The second kappa shape index (κ2) is 7.57. The number of methoxy groups -OCH3 is 1. The Morgan fingerprint density at radius 1 is 1.29 bits per heavy atom. The van der Waals surface area contributed by atoms with Crippen molar-refractivity contribution in [3.05, 3.63) is 35.9 Å². The summed E-state index contributed by atoms with van der Waals surface area (Å²) in [6.45, 7) is 8.23. The van der Waals surface area contributed by atoms with E-state index in [1.165, 1.54) is 7.11 Å². The third kappa shape index (κ3) is 4.83. The maximum atomic E-state index is 12.3. The van der Waals surface area contributed by atoms with Crippen molar-refractivity contribution in [2.45, 2.75) is 39.9 Å². The highest BCUT2D eigenvalue weighted by molar-refractivity contribution is 5.82. The van der Waals surface area contributed by atoms with Gasteiger partial charge in [0.05, 0.1) is 6.10 Å². The fraction of sp³-hybridized carbons (Fsp3) is 0.588. The number of nitrogens with one attached hydrogen (secondary N) is 1. The van der Waals surface area contributed by atoms with E-state index >= 15 is 0 Å². The standard InChI is InChI=1S/C17H27NO3/c1-12(2)15(19)17(3,4)11-18-16(20)14(21-5)13-9-7-6-8-10-13/h6-10,12,14-15,19H,11H2,1-5H3,(H,18,20). The van der Waals surface area contributed by atoms with Gasteiger partial charge < -0.3 is 15.2 Å². The first-order chi connectivity index (χ1) is 9.79. The van der Waals surface area contributed by atoms with Gasteiger partial charge in [-0.2, -0.15) is 0 Å². The molecule has 0 aliphatic heterocycles. The Bertz CT molecular complexity index is 443. The van der Waals surface area contributed by atoms with Crippen LogP contribution in [0.4, 0.5) is 0 Å². The van der Waals surface area contributed by atoms with Crippen LogP contribution in [0.15, 0.2) is 30.3 Å². The molecule has 2 N–H and O–H groups in total. The molecule has 118 valence electrons. The van der Waals surface area contributed by atoms with Gasteiger partial charge in [0.25, 0.3) is 5.91 Å². The zero-order chi connectivity index (χ0) is 16.0. The average molecular weight is 293 g/mol. The molecule has 1 aromatic rings. The Balaban J connectivity index is 2.68. The molecule has 2 atom stereocenters. The molecule has 21 heavy (non-hydrogen) atoms. The van der Waals surface area contributed by atoms with E-state index in [-0.39, 0.29) is 11.8 Å². The minimum atomic E-state index is -0.627. The Hall–Kier alpha value is -1.39. The first kappa shape index (κ1) is 17.7. The van der Waals surface area contributed by atoms with Gasteiger partial charge in [-0.05, 0) is 11.5 Å². The molecular formula is C17H27NO3. The Morgan fingerprint density at radius 2 is 1.86 bits per heavy atom. The highest BCUT2D eigenvalue weighted by atomic mass is 16.5. The van der Waals surface area contributed by atoms with Gasteiger partial charge >= 0.3 is 0 Å². The molecule has 0 aromatic heterocycles. The van der Waals surface area contributed by atoms with Crippen LogP contribution in [0.1, 0.15) is 39.4 Å². The van der Waals surface area contributed by atoms with Crippen LogP contribution < -0.4 is 5.32 Å². The predicted octanol–water partition coefficient (Wildman–Crippen LogP) is 2.53. The Kier molecular flexibility index (Phi) is 6.37. The molecule has 2 unspecified atom stereocenters. The highest BCUT2D eigenvalue weighted by Crippen LogP contribution is 2.25. The summed E-state index contributed by atoms with van der Waals surface area (Å²) < 4.78 is 5.30. The summed E-state index contributed by atoms with van der Waals surface area (Å²) in [7, 11) is 1.52. The van der Waals surface area contributed by atoms with Crippen LogP contribution in [-0.4, -0.2) is 30.8 Å². The van der Waals surface area contributed by atoms with Gasteiger partial charge in [0.15, 0.2) is 6.10 Å². The smallest absolute Gasteiger partial charge is 0.253 e. The number of ether oxygens (including phenoxy) is 1. The van der Waals surface area contributed by atoms with Crippen LogP contribution in [0, 0.1) is 11.3 Å². The van der Waals surface area contributed by atoms with Crippen LogP contribution >= 0.6 is 0 Å². The summed E-state index contributed by atoms with van der Waals surface area (Å²) in [5, 5.41) is 13.1. The maximum Gasteiger partial charge on any atom is 0.253 e. The second-order valence-electron chi connectivity index (χ2n) is 6.42. The molecule has 0 heterocycles. The first-order valence-electron chi connectivity index (χ1n) is 7.33. The van der Waals surface area contributed by atoms with E-state index in [0.29, 0.717) is 6.54 Å². The molecule has 0 bridgehead atoms. The van der Waals surface area contributed by atoms with Crippen molar-refractivity contribution >= 4 is 5.91 Å². The summed E-state index contributed by atoms with van der Waals surface area (Å²) >= 11 is 0. The van der Waals surface area contributed by atoms with Crippen molar-refractivity contribution in [2.24, 2.45) is 11.3 Å². The number of benzene rings is 1. The van der Waals surface area contributed by atoms with Crippen molar-refractivity contribution in [2.75, 3.05) is 13.7 Å². The molecule has 0 aliphatic rings. The lowest BCUT2D eigenvalue weighted by molar-refractivity contribution is -0.132. The van der Waals surface area contributed by atoms with E-state index in [0.717, 1.165) is 5.56 Å². The fourth-order valence-corrected chi connectivity index (χ4v) is 2.44. The number of aliphatic hydroxyl groups is 1. The third-order valence-electron chi connectivity index (χ3n) is 3.73. The molecule has 0 fully saturated rings. The van der Waals surface area contributed by atoms with E-state index in [9.17, 15) is 9.90 Å². The molecule has 4 nitrogen and oxygen atoms in total. The summed E-state index contributed by atoms with van der Waals surface area (Å²) in [4.78, 5) is 12.3. The van der Waals surface area contributed by atoms with Crippen LogP contribution in [0.5, 0.6) is 0 Å². The monoisotopic (exact) mass is 293 g/mol. The number of amides is 1. The van der Waals surface area contributed by atoms with Gasteiger partial charge in [0.2, 0.25) is 0 Å². The van der Waals surface area contributed by atoms with Crippen LogP contribution in [0.25, 0.3) is 0 Å². The molecule has 0 aliphatic carbocycles. The SMILES string of the molecule is COC(C(=O)NCC(C)(C)C(O)C(C)C)c1ccccc1. The summed E-state index contributed by atoms with van der Waals surface area (Å²) in [6, 6.07) is 9.38. The van der Waals surface area contributed by atoms with E-state index in [2.05, 4.69) is 5.32 Å². The minimum absolute atomic E-state index is 0.143. The van der Waals surface area contributed by atoms with Gasteiger partial charge in [0.1, 0.15) is 0 Å². The molecule has 0 spiro atoms. The minimum Gasteiger partial charge on any atom is -0.392 e. The lowest BCUT2D eigenvalue weighted by Gasteiger charge is -2.33. The topological polar surface area (TPSA) is 58.6 Å². The van der Waals surface area contributed by atoms with Crippen molar-refractivity contribution in [1.29, 1.82) is 0 Å². The van der Waals surface area contributed by atoms with Crippen molar-refractivity contribution in [3.8, 4) is 0 Å². The second-order valence-corrected chi connectivity index (χ2v) is 6.42. The number of rotatable bonds is 7. The van der Waals surface area contributed by atoms with Crippen LogP contribution in [0.2, 0.25) is 0 Å². The van der Waals surface area contributed by atoms with Crippen molar-refractivity contribution in [1.82, 2.24) is 5.32 Å². The fourth-order valence-electron chi connectivity index (χ4n) is 2.44. The predicted molar refractivity (Wildman–Crippen MR) is 83.8 cm³/mol. The number of carbonyl (C=O) groups is 1. The number of aliphatic hydroxyl groups excluding tert-OH is 1. The molecule has 4 heteroatoms. The van der Waals surface area contributed by atoms with Gasteiger partial charge in [-0.15, -0.1) is 0 Å². The quantitative estimate of drug-likeness (QED) is 0.812. The normalized spacial score (nSPS) is 14.8. The van der Waals surface area contributed by atoms with Gasteiger partial charge in [-0.1, -0.05) is 58.0 Å². The molecule has 0 saturated heterocycles. The molecule has 1 amide bonds. The zero-order valence-corrected chi connectivity index (χ0v) is 13.6. The number of hydrogen-bond donors (Lipinski definition) is 2. The van der Waals surface area contributed by atoms with Crippen LogP contribution in [-0.2, 0) is 9.53 Å². The highest BCUT2D eigenvalue weighted by Gasteiger charge is 2.31. The van der Waals surface area contributed by atoms with E-state index in [4.69, 9.17) is 4.74 Å². The van der Waals surface area contributed by atoms with Crippen molar-refractivity contribution < 1.29 is 14.6 Å². The van der Waals surface area contributed by atoms with E-state index in [1.54, 1.807) is 0 Å². The van der Waals surface area contributed by atoms with Gasteiger partial charge in [0, 0.05) is 19.1 Å². The number of carbonyl (C=O) groups excluding carboxylic acids is 1. The summed E-state index contributed by atoms with van der Waals surface area (Å²) in [6.07, 6.45) is -1.10. The molecule has 1 rings (SSSR count). The first-order valence-corrected chi connectivity index (χ1v) is 7.33. The Morgan fingerprint density at radius 3 is 2.33 bits per heavy atom. The van der Waals surface area contributed by atoms with Gasteiger partial charge in [-0.25, -0.2) is 0 Å².